The Hall–Kier alpha value is -3.87. The number of benzene rings is 1. The fourth-order valence-corrected chi connectivity index (χ4v) is 6.30. The van der Waals surface area contributed by atoms with Crippen molar-refractivity contribution in [3.05, 3.63) is 35.9 Å². The molecule has 0 aromatic heterocycles. The number of hydrogen-bond donors (Lipinski definition) is 1. The van der Waals surface area contributed by atoms with E-state index in [-0.39, 0.29) is 41.9 Å². The quantitative estimate of drug-likeness (QED) is 0.191. The van der Waals surface area contributed by atoms with Crippen LogP contribution < -0.4 is 5.73 Å². The molecule has 0 saturated carbocycles. The van der Waals surface area contributed by atoms with E-state index >= 15 is 0 Å². The summed E-state index contributed by atoms with van der Waals surface area (Å²) in [6, 6.07) is 5.76. The van der Waals surface area contributed by atoms with Gasteiger partial charge in [0.2, 0.25) is 29.5 Å². The fraction of sp³-hybridized carbons (Fsp3) is 0.649. The summed E-state index contributed by atoms with van der Waals surface area (Å²) < 4.78 is 0. The van der Waals surface area contributed by atoms with Crippen molar-refractivity contribution in [1.29, 1.82) is 0 Å². The van der Waals surface area contributed by atoms with E-state index < -0.39 is 41.9 Å². The summed E-state index contributed by atoms with van der Waals surface area (Å²) in [6.07, 6.45) is 8.57. The molecule has 1 rings (SSSR count). The summed E-state index contributed by atoms with van der Waals surface area (Å²) in [5.41, 5.74) is 6.61. The minimum atomic E-state index is -0.921. The molecular formula is C37H59N5O5. The third-order valence-electron chi connectivity index (χ3n) is 8.99. The number of primary amides is 1. The van der Waals surface area contributed by atoms with Gasteiger partial charge in [0.15, 0.2) is 0 Å². The van der Waals surface area contributed by atoms with Crippen molar-refractivity contribution in [3.63, 3.8) is 0 Å². The summed E-state index contributed by atoms with van der Waals surface area (Å²) in [5, 5.41) is 0. The molecule has 0 saturated heterocycles. The highest BCUT2D eigenvalue weighted by Crippen LogP contribution is 2.24. The van der Waals surface area contributed by atoms with Crippen LogP contribution in [0.3, 0.4) is 0 Å². The normalized spacial score (nSPS) is 14.5. The fourth-order valence-electron chi connectivity index (χ4n) is 6.30. The molecule has 2 N–H and O–H groups in total. The number of likely N-dealkylation sites (N-methyl/N-ethyl adjacent to an activating group) is 4. The Morgan fingerprint density at radius 1 is 0.660 bits per heavy atom. The number of terminal acetylenes is 1. The first kappa shape index (κ1) is 41.2. The highest BCUT2D eigenvalue weighted by atomic mass is 16.2. The van der Waals surface area contributed by atoms with Gasteiger partial charge in [-0.05, 0) is 36.2 Å². The Morgan fingerprint density at radius 2 is 1.06 bits per heavy atom. The lowest BCUT2D eigenvalue weighted by molar-refractivity contribution is -0.157. The predicted molar refractivity (Wildman–Crippen MR) is 187 cm³/mol. The Labute approximate surface area is 283 Å². The first-order valence-electron chi connectivity index (χ1n) is 16.7. The zero-order valence-electron chi connectivity index (χ0n) is 30.5. The SMILES string of the molecule is C#CCCCC[C@H](C)C(=O)N(C)[C@H](C(=O)N(C)[C@H](C(=O)N(C)[C@H](C(=O)N(C)[C@@H](Cc1ccccc1)C(N)=O)C(C)C)C(C)C)C(C)C. The van der Waals surface area contributed by atoms with Crippen LogP contribution in [-0.2, 0) is 30.4 Å². The second-order valence-electron chi connectivity index (χ2n) is 13.8. The maximum absolute atomic E-state index is 14.2. The standard InChI is InChI=1S/C37H59N5O5/c1-13-14-15-17-20-27(8)34(44)40(10)31(25(4)5)36(46)42(12)32(26(6)7)37(47)41(11)30(24(2)3)35(45)39(9)29(33(38)43)23-28-21-18-16-19-22-28/h1,16,18-19,21-22,24-27,29-32H,14-15,17,20,23H2,2-12H3,(H2,38,43)/t27-,29-,30-,31-,32-/m0/s1. The average molecular weight is 654 g/mol. The lowest BCUT2D eigenvalue weighted by Gasteiger charge is -2.41. The molecule has 0 unspecified atom stereocenters. The molecule has 10 nitrogen and oxygen atoms in total. The maximum atomic E-state index is 14.2. The largest absolute Gasteiger partial charge is 0.368 e. The van der Waals surface area contributed by atoms with E-state index in [0.717, 1.165) is 18.4 Å². The molecule has 5 amide bonds. The molecule has 0 aliphatic carbocycles. The highest BCUT2D eigenvalue weighted by Gasteiger charge is 2.42. The van der Waals surface area contributed by atoms with Gasteiger partial charge >= 0.3 is 0 Å². The van der Waals surface area contributed by atoms with Crippen molar-refractivity contribution in [1.82, 2.24) is 19.6 Å². The van der Waals surface area contributed by atoms with Gasteiger partial charge in [-0.3, -0.25) is 24.0 Å². The summed E-state index contributed by atoms with van der Waals surface area (Å²) in [5.74, 6) is -0.470. The molecule has 1 aromatic rings. The van der Waals surface area contributed by atoms with E-state index in [2.05, 4.69) is 5.92 Å². The Morgan fingerprint density at radius 3 is 1.45 bits per heavy atom. The van der Waals surface area contributed by atoms with Crippen LogP contribution in [0, 0.1) is 36.0 Å². The lowest BCUT2D eigenvalue weighted by atomic mass is 9.93. The average Bonchev–Trinajstić information content (AvgIpc) is 3.00. The van der Waals surface area contributed by atoms with Gasteiger partial charge in [-0.15, -0.1) is 12.3 Å². The van der Waals surface area contributed by atoms with Gasteiger partial charge in [-0.2, -0.15) is 0 Å². The summed E-state index contributed by atoms with van der Waals surface area (Å²) in [6.45, 7) is 13.0. The van der Waals surface area contributed by atoms with E-state index in [1.807, 2.05) is 78.8 Å². The number of nitrogens with two attached hydrogens (primary N) is 1. The van der Waals surface area contributed by atoms with Gasteiger partial charge < -0.3 is 25.3 Å². The first-order valence-corrected chi connectivity index (χ1v) is 16.7. The van der Waals surface area contributed by atoms with Gasteiger partial charge in [0, 0.05) is 47.0 Å². The molecule has 0 bridgehead atoms. The second-order valence-corrected chi connectivity index (χ2v) is 13.8. The van der Waals surface area contributed by atoms with Crippen molar-refractivity contribution in [2.75, 3.05) is 28.2 Å². The zero-order chi connectivity index (χ0) is 36.2. The predicted octanol–water partition coefficient (Wildman–Crippen LogP) is 3.82. The highest BCUT2D eigenvalue weighted by molar-refractivity contribution is 5.95. The van der Waals surface area contributed by atoms with Crippen LogP contribution in [-0.4, -0.2) is 101 Å². The summed E-state index contributed by atoms with van der Waals surface area (Å²) in [7, 11) is 6.31. The molecule has 47 heavy (non-hydrogen) atoms. The van der Waals surface area contributed by atoms with Gasteiger partial charge in [0.25, 0.3) is 0 Å². The van der Waals surface area contributed by atoms with E-state index in [0.29, 0.717) is 12.8 Å². The number of rotatable bonds is 18. The second kappa shape index (κ2) is 19.1. The number of amides is 5. The molecule has 262 valence electrons. The monoisotopic (exact) mass is 653 g/mol. The van der Waals surface area contributed by atoms with Crippen molar-refractivity contribution in [3.8, 4) is 12.3 Å². The minimum Gasteiger partial charge on any atom is -0.368 e. The van der Waals surface area contributed by atoms with Crippen molar-refractivity contribution in [2.45, 2.75) is 105 Å². The number of hydrogen-bond acceptors (Lipinski definition) is 5. The van der Waals surface area contributed by atoms with E-state index in [4.69, 9.17) is 12.2 Å². The Bertz CT molecular complexity index is 1240. The van der Waals surface area contributed by atoms with Crippen molar-refractivity contribution < 1.29 is 24.0 Å². The summed E-state index contributed by atoms with van der Waals surface area (Å²) >= 11 is 0. The molecule has 0 aliphatic rings. The van der Waals surface area contributed by atoms with E-state index in [9.17, 15) is 24.0 Å². The molecule has 0 heterocycles. The van der Waals surface area contributed by atoms with Gasteiger partial charge in [-0.1, -0.05) is 85.2 Å². The van der Waals surface area contributed by atoms with Gasteiger partial charge in [0.05, 0.1) is 0 Å². The van der Waals surface area contributed by atoms with E-state index in [1.165, 1.54) is 26.6 Å². The number of carbonyl (C=O) groups is 5. The Balaban J connectivity index is 3.31. The third kappa shape index (κ3) is 11.1. The molecule has 0 fully saturated rings. The van der Waals surface area contributed by atoms with Crippen LogP contribution in [0.25, 0.3) is 0 Å². The minimum absolute atomic E-state index is 0.135. The number of carbonyl (C=O) groups excluding carboxylic acids is 5. The smallest absolute Gasteiger partial charge is 0.246 e. The first-order chi connectivity index (χ1) is 21.9. The topological polar surface area (TPSA) is 124 Å². The molecule has 5 atom stereocenters. The molecule has 1 aromatic carbocycles. The van der Waals surface area contributed by atoms with Gasteiger partial charge in [0.1, 0.15) is 24.2 Å². The third-order valence-corrected chi connectivity index (χ3v) is 8.99. The Kier molecular flexibility index (Phi) is 16.7. The van der Waals surface area contributed by atoms with Crippen molar-refractivity contribution in [2.24, 2.45) is 29.4 Å². The van der Waals surface area contributed by atoms with Crippen LogP contribution in [0.4, 0.5) is 0 Å². The van der Waals surface area contributed by atoms with E-state index in [1.54, 1.807) is 21.1 Å². The molecule has 0 spiro atoms. The molecule has 0 aliphatic heterocycles. The van der Waals surface area contributed by atoms with Crippen molar-refractivity contribution >= 4 is 29.5 Å². The number of unbranched alkanes of at least 4 members (excludes halogenated alkanes) is 2. The van der Waals surface area contributed by atoms with Crippen LogP contribution in [0.15, 0.2) is 30.3 Å². The van der Waals surface area contributed by atoms with Crippen LogP contribution in [0.5, 0.6) is 0 Å². The molecule has 10 heteroatoms. The van der Waals surface area contributed by atoms with Crippen LogP contribution >= 0.6 is 0 Å². The zero-order valence-corrected chi connectivity index (χ0v) is 30.5. The van der Waals surface area contributed by atoms with Crippen LogP contribution in [0.1, 0.15) is 79.7 Å². The summed E-state index contributed by atoms with van der Waals surface area (Å²) in [4.78, 5) is 73.9. The lowest BCUT2D eigenvalue weighted by Crippen LogP contribution is -2.61. The maximum Gasteiger partial charge on any atom is 0.246 e. The van der Waals surface area contributed by atoms with Crippen LogP contribution in [0.2, 0.25) is 0 Å². The molecular weight excluding hydrogens is 594 g/mol. The number of nitrogens with zero attached hydrogens (tertiary/aromatic N) is 4. The van der Waals surface area contributed by atoms with Gasteiger partial charge in [-0.25, -0.2) is 0 Å². The molecule has 0 radical (unpaired) electrons.